The molecule has 0 spiro atoms. The molecule has 28 heavy (non-hydrogen) atoms. The van der Waals surface area contributed by atoms with E-state index in [2.05, 4.69) is 22.5 Å². The highest BCUT2D eigenvalue weighted by Crippen LogP contribution is 2.21. The summed E-state index contributed by atoms with van der Waals surface area (Å²) in [4.78, 5) is 18.6. The van der Waals surface area contributed by atoms with Crippen LogP contribution in [0.1, 0.15) is 33.1 Å². The molecule has 1 atom stereocenters. The van der Waals surface area contributed by atoms with Crippen molar-refractivity contribution in [2.45, 2.75) is 39.2 Å². The lowest BCUT2D eigenvalue weighted by Crippen LogP contribution is -2.46. The summed E-state index contributed by atoms with van der Waals surface area (Å²) >= 11 is 6.00. The van der Waals surface area contributed by atoms with Crippen LogP contribution in [0.15, 0.2) is 29.3 Å². The van der Waals surface area contributed by atoms with E-state index in [1.807, 2.05) is 31.2 Å². The summed E-state index contributed by atoms with van der Waals surface area (Å²) < 4.78 is 5.90. The summed E-state index contributed by atoms with van der Waals surface area (Å²) in [5.74, 6) is 2.25. The van der Waals surface area contributed by atoms with Crippen molar-refractivity contribution in [1.82, 2.24) is 15.5 Å². The third-order valence-electron chi connectivity index (χ3n) is 4.63. The van der Waals surface area contributed by atoms with E-state index in [0.717, 1.165) is 44.2 Å². The first-order chi connectivity index (χ1) is 13.0. The van der Waals surface area contributed by atoms with Crippen LogP contribution < -0.4 is 15.4 Å². The van der Waals surface area contributed by atoms with Gasteiger partial charge in [0, 0.05) is 38.1 Å². The van der Waals surface area contributed by atoms with Gasteiger partial charge in [0.2, 0.25) is 5.91 Å². The third kappa shape index (κ3) is 8.43. The van der Waals surface area contributed by atoms with Crippen molar-refractivity contribution >= 4 is 47.4 Å². The minimum absolute atomic E-state index is 0. The van der Waals surface area contributed by atoms with Gasteiger partial charge in [-0.15, -0.1) is 24.0 Å². The number of aliphatic imine (C=N–C) groups is 1. The smallest absolute Gasteiger partial charge is 0.220 e. The summed E-state index contributed by atoms with van der Waals surface area (Å²) in [7, 11) is 1.69. The molecule has 1 fully saturated rings. The zero-order valence-corrected chi connectivity index (χ0v) is 20.0. The number of likely N-dealkylation sites (tertiary alicyclic amines) is 1. The maximum absolute atomic E-state index is 11.6. The monoisotopic (exact) mass is 522 g/mol. The van der Waals surface area contributed by atoms with Crippen molar-refractivity contribution in [1.29, 1.82) is 0 Å². The van der Waals surface area contributed by atoms with E-state index < -0.39 is 0 Å². The molecule has 0 saturated carbocycles. The molecule has 1 unspecified atom stereocenters. The summed E-state index contributed by atoms with van der Waals surface area (Å²) in [6.07, 6.45) is 2.57. The predicted molar refractivity (Wildman–Crippen MR) is 126 cm³/mol. The van der Waals surface area contributed by atoms with Gasteiger partial charge in [0.05, 0.1) is 6.54 Å². The van der Waals surface area contributed by atoms with Crippen molar-refractivity contribution in [3.8, 4) is 5.75 Å². The zero-order chi connectivity index (χ0) is 19.6. The molecule has 1 aromatic carbocycles. The van der Waals surface area contributed by atoms with Crippen molar-refractivity contribution in [3.05, 3.63) is 29.3 Å². The average Bonchev–Trinajstić information content (AvgIpc) is 2.65. The quantitative estimate of drug-likeness (QED) is 0.327. The first kappa shape index (κ1) is 24.8. The summed E-state index contributed by atoms with van der Waals surface area (Å²) in [6.45, 7) is 7.28. The van der Waals surface area contributed by atoms with Crippen LogP contribution in [0.3, 0.4) is 0 Å². The number of benzene rings is 1. The normalized spacial score (nSPS) is 16.1. The molecule has 2 rings (SSSR count). The second-order valence-electron chi connectivity index (χ2n) is 6.89. The Hall–Kier alpha value is -1.22. The number of hydrogen-bond acceptors (Lipinski definition) is 3. The van der Waals surface area contributed by atoms with Gasteiger partial charge in [0.1, 0.15) is 11.9 Å². The molecule has 6 nitrogen and oxygen atoms in total. The highest BCUT2D eigenvalue weighted by molar-refractivity contribution is 14.0. The van der Waals surface area contributed by atoms with E-state index in [9.17, 15) is 4.79 Å². The molecule has 1 saturated heterocycles. The maximum atomic E-state index is 11.6. The Bertz CT molecular complexity index is 636. The van der Waals surface area contributed by atoms with Gasteiger partial charge < -0.3 is 20.3 Å². The molecule has 1 aliphatic rings. The van der Waals surface area contributed by atoms with Crippen molar-refractivity contribution in [2.75, 3.05) is 33.2 Å². The molecule has 1 amide bonds. The molecule has 0 bridgehead atoms. The molecule has 8 heteroatoms. The Balaban J connectivity index is 0.00000392. The number of hydrogen-bond donors (Lipinski definition) is 2. The highest BCUT2D eigenvalue weighted by atomic mass is 127. The largest absolute Gasteiger partial charge is 0.489 e. The lowest BCUT2D eigenvalue weighted by atomic mass is 9.93. The number of amides is 1. The Labute approximate surface area is 190 Å². The fraction of sp³-hybridized carbons (Fsp3) is 0.600. The Morgan fingerprint density at radius 2 is 2.11 bits per heavy atom. The van der Waals surface area contributed by atoms with Gasteiger partial charge in [-0.25, -0.2) is 4.99 Å². The fourth-order valence-corrected chi connectivity index (χ4v) is 3.34. The summed E-state index contributed by atoms with van der Waals surface area (Å²) in [5, 5.41) is 6.74. The molecule has 1 aromatic rings. The number of guanidine groups is 1. The van der Waals surface area contributed by atoms with E-state index in [1.54, 1.807) is 7.05 Å². The molecule has 0 aliphatic carbocycles. The van der Waals surface area contributed by atoms with E-state index >= 15 is 0 Å². The number of ether oxygens (including phenoxy) is 1. The minimum Gasteiger partial charge on any atom is -0.489 e. The van der Waals surface area contributed by atoms with E-state index in [4.69, 9.17) is 21.3 Å². The van der Waals surface area contributed by atoms with E-state index in [0.29, 0.717) is 23.9 Å². The number of carbonyl (C=O) groups excluding carboxylic acids is 1. The Kier molecular flexibility index (Phi) is 11.6. The number of nitrogens with one attached hydrogen (secondary N) is 2. The van der Waals surface area contributed by atoms with Gasteiger partial charge >= 0.3 is 0 Å². The lowest BCUT2D eigenvalue weighted by Gasteiger charge is -2.34. The molecule has 158 valence electrons. The SMILES string of the molecule is CCNC(=NCC(C)Oc1cccc(Cl)c1)N1CCC(CC(=O)NC)CC1.I. The average molecular weight is 523 g/mol. The molecule has 2 N–H and O–H groups in total. The number of nitrogens with zero attached hydrogens (tertiary/aromatic N) is 2. The van der Waals surface area contributed by atoms with Crippen LogP contribution in [0.5, 0.6) is 5.75 Å². The molecular weight excluding hydrogens is 491 g/mol. The van der Waals surface area contributed by atoms with Crippen LogP contribution in [0.4, 0.5) is 0 Å². The maximum Gasteiger partial charge on any atom is 0.220 e. The van der Waals surface area contributed by atoms with Gasteiger partial charge in [-0.05, 0) is 50.8 Å². The van der Waals surface area contributed by atoms with Gasteiger partial charge in [0.25, 0.3) is 0 Å². The van der Waals surface area contributed by atoms with Gasteiger partial charge in [-0.3, -0.25) is 4.79 Å². The van der Waals surface area contributed by atoms with Crippen LogP contribution in [-0.4, -0.2) is 56.1 Å². The Morgan fingerprint density at radius 1 is 1.39 bits per heavy atom. The first-order valence-electron chi connectivity index (χ1n) is 9.67. The van der Waals surface area contributed by atoms with Crippen molar-refractivity contribution in [2.24, 2.45) is 10.9 Å². The van der Waals surface area contributed by atoms with Crippen LogP contribution in [-0.2, 0) is 4.79 Å². The van der Waals surface area contributed by atoms with Crippen molar-refractivity contribution in [3.63, 3.8) is 0 Å². The topological polar surface area (TPSA) is 66.0 Å². The number of halogens is 2. The number of rotatable bonds is 7. The van der Waals surface area contributed by atoms with Gasteiger partial charge in [0.15, 0.2) is 5.96 Å². The van der Waals surface area contributed by atoms with E-state index in [1.165, 1.54) is 0 Å². The lowest BCUT2D eigenvalue weighted by molar-refractivity contribution is -0.121. The Morgan fingerprint density at radius 3 is 2.71 bits per heavy atom. The van der Waals surface area contributed by atoms with Gasteiger partial charge in [-0.1, -0.05) is 17.7 Å². The van der Waals surface area contributed by atoms with Crippen LogP contribution >= 0.6 is 35.6 Å². The minimum atomic E-state index is -0.0529. The standard InChI is InChI=1S/C20H31ClN4O2.HI/c1-4-23-20(25-10-8-16(9-11-25)12-19(26)22-3)24-14-15(2)27-18-7-5-6-17(21)13-18;/h5-7,13,15-16H,4,8-12,14H2,1-3H3,(H,22,26)(H,23,24);1H. The molecular formula is C20H32ClIN4O2. The number of piperidine rings is 1. The van der Waals surface area contributed by atoms with Crippen LogP contribution in [0.25, 0.3) is 0 Å². The number of carbonyl (C=O) groups is 1. The second kappa shape index (κ2) is 13.1. The summed E-state index contributed by atoms with van der Waals surface area (Å²) in [5.41, 5.74) is 0. The molecule has 1 aliphatic heterocycles. The molecule has 1 heterocycles. The summed E-state index contributed by atoms with van der Waals surface area (Å²) in [6, 6.07) is 7.41. The van der Waals surface area contributed by atoms with Gasteiger partial charge in [-0.2, -0.15) is 0 Å². The first-order valence-corrected chi connectivity index (χ1v) is 10.1. The second-order valence-corrected chi connectivity index (χ2v) is 7.32. The molecule has 0 radical (unpaired) electrons. The van der Waals surface area contributed by atoms with E-state index in [-0.39, 0.29) is 36.0 Å². The third-order valence-corrected chi connectivity index (χ3v) is 4.87. The zero-order valence-electron chi connectivity index (χ0n) is 16.9. The molecule has 0 aromatic heterocycles. The van der Waals surface area contributed by atoms with Crippen LogP contribution in [0, 0.1) is 5.92 Å². The fourth-order valence-electron chi connectivity index (χ4n) is 3.16. The van der Waals surface area contributed by atoms with Crippen LogP contribution in [0.2, 0.25) is 5.02 Å². The van der Waals surface area contributed by atoms with Crippen molar-refractivity contribution < 1.29 is 9.53 Å². The predicted octanol–water partition coefficient (Wildman–Crippen LogP) is 3.54. The highest BCUT2D eigenvalue weighted by Gasteiger charge is 2.23.